The number of rotatable bonds is 11. The Morgan fingerprint density at radius 2 is 1.45 bits per heavy atom. The molecule has 1 amide bonds. The molecular weight excluding hydrogens is 248 g/mol. The van der Waals surface area contributed by atoms with Crippen molar-refractivity contribution in [2.45, 2.75) is 85.1 Å². The molecular formula is C17H36N2O. The molecule has 3 heteroatoms. The van der Waals surface area contributed by atoms with Gasteiger partial charge in [-0.25, -0.2) is 0 Å². The normalized spacial score (nSPS) is 11.7. The third-order valence-corrected chi connectivity index (χ3v) is 3.41. The van der Waals surface area contributed by atoms with Gasteiger partial charge in [0.05, 0.1) is 0 Å². The molecule has 3 nitrogen and oxygen atoms in total. The summed E-state index contributed by atoms with van der Waals surface area (Å²) in [4.78, 5) is 14.4. The maximum Gasteiger partial charge on any atom is 0.223 e. The topological polar surface area (TPSA) is 32.3 Å². The SMILES string of the molecule is CCCCCN(CCCCC)C(=O)CCNC(C)(C)C. The Hall–Kier alpha value is -0.570. The summed E-state index contributed by atoms with van der Waals surface area (Å²) in [7, 11) is 0. The largest absolute Gasteiger partial charge is 0.343 e. The molecule has 0 aromatic carbocycles. The highest BCUT2D eigenvalue weighted by atomic mass is 16.2. The fraction of sp³-hybridized carbons (Fsp3) is 0.941. The van der Waals surface area contributed by atoms with E-state index < -0.39 is 0 Å². The van der Waals surface area contributed by atoms with Crippen molar-refractivity contribution in [3.05, 3.63) is 0 Å². The molecule has 0 rings (SSSR count). The van der Waals surface area contributed by atoms with E-state index in [0.29, 0.717) is 12.3 Å². The van der Waals surface area contributed by atoms with Crippen LogP contribution in [-0.2, 0) is 4.79 Å². The number of nitrogens with one attached hydrogen (secondary N) is 1. The van der Waals surface area contributed by atoms with Crippen molar-refractivity contribution in [2.24, 2.45) is 0 Å². The summed E-state index contributed by atoms with van der Waals surface area (Å²) in [6.45, 7) is 13.5. The van der Waals surface area contributed by atoms with Gasteiger partial charge >= 0.3 is 0 Å². The zero-order chi connectivity index (χ0) is 15.4. The Bertz CT molecular complexity index is 236. The lowest BCUT2D eigenvalue weighted by Crippen LogP contribution is -2.40. The minimum absolute atomic E-state index is 0.0928. The summed E-state index contributed by atoms with van der Waals surface area (Å²) in [5.74, 6) is 0.314. The van der Waals surface area contributed by atoms with Gasteiger partial charge < -0.3 is 10.2 Å². The van der Waals surface area contributed by atoms with Crippen LogP contribution in [0.2, 0.25) is 0 Å². The maximum atomic E-state index is 12.3. The van der Waals surface area contributed by atoms with Crippen LogP contribution in [0.5, 0.6) is 0 Å². The molecule has 1 N–H and O–H groups in total. The van der Waals surface area contributed by atoms with Gasteiger partial charge in [0.1, 0.15) is 0 Å². The molecule has 0 radical (unpaired) electrons. The molecule has 0 aliphatic carbocycles. The lowest BCUT2D eigenvalue weighted by molar-refractivity contribution is -0.131. The fourth-order valence-electron chi connectivity index (χ4n) is 2.17. The van der Waals surface area contributed by atoms with E-state index in [-0.39, 0.29) is 5.54 Å². The molecule has 0 heterocycles. The molecule has 0 saturated carbocycles. The molecule has 0 aliphatic heterocycles. The lowest BCUT2D eigenvalue weighted by Gasteiger charge is -2.25. The zero-order valence-electron chi connectivity index (χ0n) is 14.4. The second kappa shape index (κ2) is 11.1. The van der Waals surface area contributed by atoms with Crippen molar-refractivity contribution in [2.75, 3.05) is 19.6 Å². The van der Waals surface area contributed by atoms with Crippen LogP contribution in [0.15, 0.2) is 0 Å². The average Bonchev–Trinajstić information content (AvgIpc) is 2.35. The Kier molecular flexibility index (Phi) is 10.8. The van der Waals surface area contributed by atoms with Crippen molar-refractivity contribution >= 4 is 5.91 Å². The Balaban J connectivity index is 4.10. The van der Waals surface area contributed by atoms with Crippen molar-refractivity contribution in [3.63, 3.8) is 0 Å². The third kappa shape index (κ3) is 11.3. The van der Waals surface area contributed by atoms with Crippen molar-refractivity contribution in [1.82, 2.24) is 10.2 Å². The van der Waals surface area contributed by atoms with Gasteiger partial charge in [0.25, 0.3) is 0 Å². The minimum atomic E-state index is 0.0928. The van der Waals surface area contributed by atoms with E-state index in [0.717, 1.165) is 32.5 Å². The fourth-order valence-corrected chi connectivity index (χ4v) is 2.17. The lowest BCUT2D eigenvalue weighted by atomic mass is 10.1. The van der Waals surface area contributed by atoms with E-state index >= 15 is 0 Å². The molecule has 0 unspecified atom stereocenters. The number of carbonyl (C=O) groups is 1. The summed E-state index contributed by atoms with van der Waals surface area (Å²) < 4.78 is 0. The highest BCUT2D eigenvalue weighted by Gasteiger charge is 2.14. The zero-order valence-corrected chi connectivity index (χ0v) is 14.4. The standard InChI is InChI=1S/C17H36N2O/c1-6-8-10-14-19(15-11-9-7-2)16(20)12-13-18-17(3,4)5/h18H,6-15H2,1-5H3. The van der Waals surface area contributed by atoms with Gasteiger partial charge in [0.2, 0.25) is 5.91 Å². The van der Waals surface area contributed by atoms with E-state index in [9.17, 15) is 4.79 Å². The van der Waals surface area contributed by atoms with Crippen LogP contribution in [0.3, 0.4) is 0 Å². The van der Waals surface area contributed by atoms with Crippen LogP contribution >= 0.6 is 0 Å². The predicted molar refractivity (Wildman–Crippen MR) is 88.0 cm³/mol. The van der Waals surface area contributed by atoms with E-state index in [4.69, 9.17) is 0 Å². The van der Waals surface area contributed by atoms with Gasteiger partial charge in [-0.1, -0.05) is 39.5 Å². The molecule has 0 bridgehead atoms. The highest BCUT2D eigenvalue weighted by Crippen LogP contribution is 2.05. The number of hydrogen-bond acceptors (Lipinski definition) is 2. The minimum Gasteiger partial charge on any atom is -0.343 e. The van der Waals surface area contributed by atoms with Gasteiger partial charge in [0, 0.05) is 31.6 Å². The van der Waals surface area contributed by atoms with Crippen molar-refractivity contribution in [1.29, 1.82) is 0 Å². The monoisotopic (exact) mass is 284 g/mol. The molecule has 0 aromatic heterocycles. The average molecular weight is 284 g/mol. The molecule has 0 fully saturated rings. The Labute approximate surface area is 126 Å². The van der Waals surface area contributed by atoms with Crippen LogP contribution in [0.1, 0.15) is 79.6 Å². The number of carbonyl (C=O) groups excluding carboxylic acids is 1. The first-order chi connectivity index (χ1) is 9.40. The van der Waals surface area contributed by atoms with Crippen LogP contribution in [0, 0.1) is 0 Å². The highest BCUT2D eigenvalue weighted by molar-refractivity contribution is 5.76. The quantitative estimate of drug-likeness (QED) is 0.582. The molecule has 0 aliphatic rings. The first-order valence-corrected chi connectivity index (χ1v) is 8.43. The van der Waals surface area contributed by atoms with Crippen LogP contribution in [-0.4, -0.2) is 36.0 Å². The number of amides is 1. The summed E-state index contributed by atoms with van der Waals surface area (Å²) in [5.41, 5.74) is 0.0928. The third-order valence-electron chi connectivity index (χ3n) is 3.41. The second-order valence-corrected chi connectivity index (χ2v) is 6.72. The molecule has 120 valence electrons. The summed E-state index contributed by atoms with van der Waals surface area (Å²) in [6, 6.07) is 0. The number of unbranched alkanes of at least 4 members (excludes halogenated alkanes) is 4. The molecule has 20 heavy (non-hydrogen) atoms. The van der Waals surface area contributed by atoms with Gasteiger partial charge in [-0.2, -0.15) is 0 Å². The molecule has 0 spiro atoms. The first kappa shape index (κ1) is 19.4. The van der Waals surface area contributed by atoms with Crippen molar-refractivity contribution < 1.29 is 4.79 Å². The van der Waals surface area contributed by atoms with Gasteiger partial charge in [-0.05, 0) is 33.6 Å². The summed E-state index contributed by atoms with van der Waals surface area (Å²) in [5, 5.41) is 3.39. The number of hydrogen-bond donors (Lipinski definition) is 1. The molecule has 0 aromatic rings. The predicted octanol–water partition coefficient (Wildman–Crippen LogP) is 3.97. The summed E-state index contributed by atoms with van der Waals surface area (Å²) >= 11 is 0. The number of nitrogens with zero attached hydrogens (tertiary/aromatic N) is 1. The Morgan fingerprint density at radius 3 is 1.85 bits per heavy atom. The second-order valence-electron chi connectivity index (χ2n) is 6.72. The van der Waals surface area contributed by atoms with Gasteiger partial charge in [-0.15, -0.1) is 0 Å². The van der Waals surface area contributed by atoms with E-state index in [1.807, 2.05) is 0 Å². The van der Waals surface area contributed by atoms with E-state index in [1.165, 1.54) is 25.7 Å². The van der Waals surface area contributed by atoms with Gasteiger partial charge in [0.15, 0.2) is 0 Å². The molecule has 0 saturated heterocycles. The maximum absolute atomic E-state index is 12.3. The van der Waals surface area contributed by atoms with Crippen LogP contribution in [0.4, 0.5) is 0 Å². The Morgan fingerprint density at radius 1 is 0.950 bits per heavy atom. The van der Waals surface area contributed by atoms with Crippen molar-refractivity contribution in [3.8, 4) is 0 Å². The van der Waals surface area contributed by atoms with Crippen LogP contribution < -0.4 is 5.32 Å². The molecule has 0 atom stereocenters. The summed E-state index contributed by atoms with van der Waals surface area (Å²) in [6.07, 6.45) is 7.76. The first-order valence-electron chi connectivity index (χ1n) is 8.43. The van der Waals surface area contributed by atoms with E-state index in [1.54, 1.807) is 0 Å². The van der Waals surface area contributed by atoms with Crippen LogP contribution in [0.25, 0.3) is 0 Å². The smallest absolute Gasteiger partial charge is 0.223 e. The van der Waals surface area contributed by atoms with E-state index in [2.05, 4.69) is 44.8 Å². The van der Waals surface area contributed by atoms with Gasteiger partial charge in [-0.3, -0.25) is 4.79 Å².